The minimum absolute atomic E-state index is 0.701. The summed E-state index contributed by atoms with van der Waals surface area (Å²) in [6, 6.07) is 11.7. The second-order valence-electron chi connectivity index (χ2n) is 4.16. The van der Waals surface area contributed by atoms with Crippen LogP contribution in [0.25, 0.3) is 0 Å². The second-order valence-corrected chi connectivity index (χ2v) is 5.33. The van der Waals surface area contributed by atoms with Gasteiger partial charge >= 0.3 is 0 Å². The van der Waals surface area contributed by atoms with Gasteiger partial charge < -0.3 is 14.8 Å². The highest BCUT2D eigenvalue weighted by Crippen LogP contribution is 2.24. The van der Waals surface area contributed by atoms with Crippen LogP contribution in [-0.2, 0) is 13.1 Å². The summed E-state index contributed by atoms with van der Waals surface area (Å²) in [5.41, 5.74) is 1.07. The Balaban J connectivity index is 1.95. The molecule has 1 heterocycles. The van der Waals surface area contributed by atoms with Gasteiger partial charge in [-0.05, 0) is 18.2 Å². The third-order valence-corrected chi connectivity index (χ3v) is 3.87. The van der Waals surface area contributed by atoms with Crippen LogP contribution in [0.5, 0.6) is 11.5 Å². The molecule has 0 aliphatic rings. The van der Waals surface area contributed by atoms with Gasteiger partial charge in [0.05, 0.1) is 14.2 Å². The molecule has 1 N–H and O–H groups in total. The number of rotatable bonds is 6. The highest BCUT2D eigenvalue weighted by atomic mass is 32.1. The van der Waals surface area contributed by atoms with Crippen molar-refractivity contribution in [1.82, 2.24) is 5.32 Å². The second kappa shape index (κ2) is 6.94. The van der Waals surface area contributed by atoms with Gasteiger partial charge in [0.15, 0.2) is 0 Å². The monoisotopic (exact) mass is 288 g/mol. The van der Waals surface area contributed by atoms with Crippen LogP contribution in [0.2, 0.25) is 0 Å². The number of ether oxygens (including phenoxy) is 2. The van der Waals surface area contributed by atoms with E-state index in [1.807, 2.05) is 30.3 Å². The first-order chi connectivity index (χ1) is 9.76. The molecule has 0 aliphatic carbocycles. The lowest BCUT2D eigenvalue weighted by Gasteiger charge is -2.10. The van der Waals surface area contributed by atoms with Crippen LogP contribution in [0, 0.1) is 11.3 Å². The number of hydrogen-bond donors (Lipinski definition) is 1. The fraction of sp³-hybridized carbons (Fsp3) is 0.267. The van der Waals surface area contributed by atoms with Crippen LogP contribution in [0.3, 0.4) is 0 Å². The lowest BCUT2D eigenvalue weighted by atomic mass is 10.2. The van der Waals surface area contributed by atoms with E-state index in [4.69, 9.17) is 14.7 Å². The van der Waals surface area contributed by atoms with E-state index in [-0.39, 0.29) is 0 Å². The lowest BCUT2D eigenvalue weighted by Crippen LogP contribution is -2.12. The molecular formula is C15H16N2O2S. The first-order valence-corrected chi connectivity index (χ1v) is 6.99. The maximum atomic E-state index is 8.78. The Bertz CT molecular complexity index is 617. The van der Waals surface area contributed by atoms with Gasteiger partial charge in [0, 0.05) is 29.6 Å². The molecular weight excluding hydrogens is 272 g/mol. The molecule has 0 saturated heterocycles. The van der Waals surface area contributed by atoms with E-state index in [1.54, 1.807) is 14.2 Å². The van der Waals surface area contributed by atoms with Crippen molar-refractivity contribution in [2.45, 2.75) is 13.1 Å². The number of nitrogens with one attached hydrogen (secondary N) is 1. The zero-order valence-electron chi connectivity index (χ0n) is 11.5. The Morgan fingerprint density at radius 1 is 1.15 bits per heavy atom. The summed E-state index contributed by atoms with van der Waals surface area (Å²) >= 11 is 1.51. The van der Waals surface area contributed by atoms with Gasteiger partial charge in [-0.2, -0.15) is 5.26 Å². The Morgan fingerprint density at radius 3 is 2.65 bits per heavy atom. The predicted molar refractivity (Wildman–Crippen MR) is 79.1 cm³/mol. The summed E-state index contributed by atoms with van der Waals surface area (Å²) in [5, 5.41) is 12.1. The predicted octanol–water partition coefficient (Wildman–Crippen LogP) is 2.93. The summed E-state index contributed by atoms with van der Waals surface area (Å²) in [4.78, 5) is 1.89. The molecule has 1 aromatic carbocycles. The summed E-state index contributed by atoms with van der Waals surface area (Å²) in [6.45, 7) is 1.44. The molecule has 0 fully saturated rings. The zero-order valence-corrected chi connectivity index (χ0v) is 12.3. The number of methoxy groups -OCH3 is 2. The molecule has 0 spiro atoms. The van der Waals surface area contributed by atoms with E-state index >= 15 is 0 Å². The van der Waals surface area contributed by atoms with Crippen LogP contribution < -0.4 is 14.8 Å². The Morgan fingerprint density at radius 2 is 2.00 bits per heavy atom. The van der Waals surface area contributed by atoms with Gasteiger partial charge in [-0.25, -0.2) is 0 Å². The molecule has 0 aliphatic heterocycles. The van der Waals surface area contributed by atoms with Crippen molar-refractivity contribution in [3.8, 4) is 17.6 Å². The van der Waals surface area contributed by atoms with E-state index in [0.29, 0.717) is 6.54 Å². The number of benzene rings is 1. The van der Waals surface area contributed by atoms with Crippen molar-refractivity contribution in [2.75, 3.05) is 14.2 Å². The molecule has 0 bridgehead atoms. The molecule has 5 heteroatoms. The van der Waals surface area contributed by atoms with Crippen LogP contribution in [0.15, 0.2) is 30.3 Å². The SMILES string of the molecule is COc1ccc(CNCc2ccc(C#N)s2)c(OC)c1. The van der Waals surface area contributed by atoms with Crippen LogP contribution in [0.1, 0.15) is 15.3 Å². The lowest BCUT2D eigenvalue weighted by molar-refractivity contribution is 0.390. The molecule has 2 aromatic rings. The molecule has 0 atom stereocenters. The van der Waals surface area contributed by atoms with Gasteiger partial charge in [0.2, 0.25) is 0 Å². The summed E-state index contributed by atoms with van der Waals surface area (Å²) < 4.78 is 10.5. The maximum absolute atomic E-state index is 8.78. The number of nitriles is 1. The van der Waals surface area contributed by atoms with Crippen molar-refractivity contribution in [2.24, 2.45) is 0 Å². The van der Waals surface area contributed by atoms with Crippen molar-refractivity contribution in [3.63, 3.8) is 0 Å². The van der Waals surface area contributed by atoms with E-state index in [1.165, 1.54) is 11.3 Å². The molecule has 4 nitrogen and oxygen atoms in total. The highest BCUT2D eigenvalue weighted by molar-refractivity contribution is 7.12. The van der Waals surface area contributed by atoms with Gasteiger partial charge in [-0.1, -0.05) is 6.07 Å². The van der Waals surface area contributed by atoms with Gasteiger partial charge in [-0.15, -0.1) is 11.3 Å². The highest BCUT2D eigenvalue weighted by Gasteiger charge is 2.05. The fourth-order valence-electron chi connectivity index (χ4n) is 1.85. The Labute approximate surface area is 122 Å². The molecule has 2 rings (SSSR count). The molecule has 0 amide bonds. The standard InChI is InChI=1S/C15H16N2O2S/c1-18-12-4-3-11(15(7-12)19-2)9-17-10-14-6-5-13(8-16)20-14/h3-7,17H,9-10H2,1-2H3. The third kappa shape index (κ3) is 3.50. The minimum atomic E-state index is 0.701. The minimum Gasteiger partial charge on any atom is -0.497 e. The average molecular weight is 288 g/mol. The molecule has 104 valence electrons. The summed E-state index contributed by atoms with van der Waals surface area (Å²) in [6.07, 6.45) is 0. The smallest absolute Gasteiger partial charge is 0.127 e. The average Bonchev–Trinajstić information content (AvgIpc) is 2.95. The normalized spacial score (nSPS) is 10.1. The Kier molecular flexibility index (Phi) is 4.99. The number of hydrogen-bond acceptors (Lipinski definition) is 5. The molecule has 0 radical (unpaired) electrons. The number of nitrogens with zero attached hydrogens (tertiary/aromatic N) is 1. The van der Waals surface area contributed by atoms with Gasteiger partial charge in [-0.3, -0.25) is 0 Å². The summed E-state index contributed by atoms with van der Waals surface area (Å²) in [5.74, 6) is 1.59. The van der Waals surface area contributed by atoms with Crippen LogP contribution >= 0.6 is 11.3 Å². The zero-order chi connectivity index (χ0) is 14.4. The van der Waals surface area contributed by atoms with Crippen molar-refractivity contribution < 1.29 is 9.47 Å². The fourth-order valence-corrected chi connectivity index (χ4v) is 2.63. The molecule has 0 saturated carbocycles. The van der Waals surface area contributed by atoms with Crippen LogP contribution in [-0.4, -0.2) is 14.2 Å². The first kappa shape index (κ1) is 14.4. The van der Waals surface area contributed by atoms with E-state index in [2.05, 4.69) is 11.4 Å². The summed E-state index contributed by atoms with van der Waals surface area (Å²) in [7, 11) is 3.28. The van der Waals surface area contributed by atoms with Crippen molar-refractivity contribution in [3.05, 3.63) is 45.6 Å². The molecule has 0 unspecified atom stereocenters. The largest absolute Gasteiger partial charge is 0.497 e. The Hall–Kier alpha value is -2.03. The van der Waals surface area contributed by atoms with Crippen molar-refractivity contribution >= 4 is 11.3 Å². The number of thiophene rings is 1. The maximum Gasteiger partial charge on any atom is 0.127 e. The third-order valence-electron chi connectivity index (χ3n) is 2.88. The van der Waals surface area contributed by atoms with E-state index in [0.717, 1.165) is 33.4 Å². The van der Waals surface area contributed by atoms with Crippen LogP contribution in [0.4, 0.5) is 0 Å². The van der Waals surface area contributed by atoms with Gasteiger partial charge in [0.25, 0.3) is 0 Å². The molecule has 1 aromatic heterocycles. The van der Waals surface area contributed by atoms with Gasteiger partial charge in [0.1, 0.15) is 22.4 Å². The topological polar surface area (TPSA) is 54.3 Å². The quantitative estimate of drug-likeness (QED) is 0.888. The molecule has 20 heavy (non-hydrogen) atoms. The van der Waals surface area contributed by atoms with E-state index < -0.39 is 0 Å². The first-order valence-electron chi connectivity index (χ1n) is 6.17. The van der Waals surface area contributed by atoms with E-state index in [9.17, 15) is 0 Å². The van der Waals surface area contributed by atoms with Crippen molar-refractivity contribution in [1.29, 1.82) is 5.26 Å².